The fourth-order valence-electron chi connectivity index (χ4n) is 3.30. The topological polar surface area (TPSA) is 94.3 Å². The molecule has 5 nitrogen and oxygen atoms in total. The Morgan fingerprint density at radius 1 is 0.706 bits per heavy atom. The molecule has 0 unspecified atom stereocenters. The molecule has 0 aromatic heterocycles. The molecule has 188 valence electrons. The lowest BCUT2D eigenvalue weighted by molar-refractivity contribution is -0.242. The van der Waals surface area contributed by atoms with Gasteiger partial charge in [0.15, 0.2) is 0 Å². The van der Waals surface area contributed by atoms with E-state index >= 15 is 0 Å². The molecule has 0 atom stereocenters. The number of anilines is 1. The third-order valence-electron chi connectivity index (χ3n) is 4.96. The van der Waals surface area contributed by atoms with Crippen molar-refractivity contribution in [3.8, 4) is 11.1 Å². The molecule has 0 bridgehead atoms. The molecule has 0 amide bonds. The Morgan fingerprint density at radius 3 is 1.68 bits per heavy atom. The van der Waals surface area contributed by atoms with E-state index in [1.165, 1.54) is 24.3 Å². The standard InChI is InChI=1S/C17H9F10NO4S2/c18-14(19,20)16(24,25)33(29,30)11-6-9-8-4-2-1-3-7(8)5-10(9)12(28)13(11)34(31,32)17(26,27)15(21,22)23/h1-4,6H,5,28H2. The summed E-state index contributed by atoms with van der Waals surface area (Å²) in [4.78, 5) is -5.35. The van der Waals surface area contributed by atoms with Crippen molar-refractivity contribution in [3.05, 3.63) is 41.5 Å². The maximum Gasteiger partial charge on any atom is 0.469 e. The van der Waals surface area contributed by atoms with E-state index in [0.29, 0.717) is 0 Å². The van der Waals surface area contributed by atoms with Crippen LogP contribution in [0, 0.1) is 0 Å². The molecule has 2 N–H and O–H groups in total. The Labute approximate surface area is 184 Å². The van der Waals surface area contributed by atoms with Gasteiger partial charge in [0.2, 0.25) is 0 Å². The maximum atomic E-state index is 13.9. The lowest BCUT2D eigenvalue weighted by Crippen LogP contribution is -2.47. The van der Waals surface area contributed by atoms with E-state index in [1.54, 1.807) is 0 Å². The van der Waals surface area contributed by atoms with Gasteiger partial charge in [-0.3, -0.25) is 0 Å². The third kappa shape index (κ3) is 3.34. The fraction of sp³-hybridized carbons (Fsp3) is 0.294. The van der Waals surface area contributed by atoms with Crippen LogP contribution >= 0.6 is 0 Å². The van der Waals surface area contributed by atoms with Gasteiger partial charge < -0.3 is 5.73 Å². The minimum absolute atomic E-state index is 0.0393. The van der Waals surface area contributed by atoms with Crippen molar-refractivity contribution in [1.29, 1.82) is 0 Å². The van der Waals surface area contributed by atoms with Gasteiger partial charge in [-0.1, -0.05) is 24.3 Å². The summed E-state index contributed by atoms with van der Waals surface area (Å²) in [5.74, 6) is 0. The number of rotatable bonds is 4. The largest absolute Gasteiger partial charge is 0.469 e. The van der Waals surface area contributed by atoms with Crippen LogP contribution in [0.15, 0.2) is 40.1 Å². The average molecular weight is 545 g/mol. The summed E-state index contributed by atoms with van der Waals surface area (Å²) in [6.45, 7) is 0. The lowest BCUT2D eigenvalue weighted by Gasteiger charge is -2.26. The second-order valence-corrected chi connectivity index (χ2v) is 10.9. The summed E-state index contributed by atoms with van der Waals surface area (Å²) in [6, 6.07) is 5.06. The van der Waals surface area contributed by atoms with Crippen LogP contribution in [0.2, 0.25) is 0 Å². The third-order valence-corrected chi connectivity index (χ3v) is 8.78. The van der Waals surface area contributed by atoms with Crippen molar-refractivity contribution in [2.75, 3.05) is 5.73 Å². The fourth-order valence-corrected chi connectivity index (χ4v) is 6.47. The number of nitrogens with two attached hydrogens (primary N) is 1. The zero-order chi connectivity index (χ0) is 26.3. The maximum absolute atomic E-state index is 13.9. The monoisotopic (exact) mass is 545 g/mol. The summed E-state index contributed by atoms with van der Waals surface area (Å²) in [5, 5.41) is -13.6. The zero-order valence-electron chi connectivity index (χ0n) is 15.9. The van der Waals surface area contributed by atoms with Crippen LogP contribution in [-0.2, 0) is 26.1 Å². The number of fused-ring (bicyclic) bond motifs is 3. The van der Waals surface area contributed by atoms with Gasteiger partial charge in [0.05, 0.1) is 10.6 Å². The lowest BCUT2D eigenvalue weighted by atomic mass is 10.1. The van der Waals surface area contributed by atoms with Gasteiger partial charge >= 0.3 is 22.9 Å². The van der Waals surface area contributed by atoms with Crippen molar-refractivity contribution < 1.29 is 60.7 Å². The van der Waals surface area contributed by atoms with Crippen molar-refractivity contribution >= 4 is 25.4 Å². The van der Waals surface area contributed by atoms with Gasteiger partial charge in [-0.15, -0.1) is 0 Å². The van der Waals surface area contributed by atoms with Gasteiger partial charge in [0, 0.05) is 6.42 Å². The summed E-state index contributed by atoms with van der Waals surface area (Å²) >= 11 is 0. The molecule has 0 radical (unpaired) electrons. The normalized spacial score (nSPS) is 15.2. The van der Waals surface area contributed by atoms with Gasteiger partial charge in [0.25, 0.3) is 19.7 Å². The Balaban J connectivity index is 2.53. The Kier molecular flexibility index (Phi) is 5.53. The molecule has 0 saturated heterocycles. The average Bonchev–Trinajstić information content (AvgIpc) is 3.05. The second-order valence-electron chi connectivity index (χ2n) is 7.01. The number of halogens is 10. The number of benzene rings is 2. The van der Waals surface area contributed by atoms with Crippen LogP contribution < -0.4 is 5.73 Å². The van der Waals surface area contributed by atoms with Crippen molar-refractivity contribution in [3.63, 3.8) is 0 Å². The summed E-state index contributed by atoms with van der Waals surface area (Å²) in [5.41, 5.74) is 2.86. The highest BCUT2D eigenvalue weighted by Gasteiger charge is 2.71. The first kappa shape index (κ1) is 26.1. The van der Waals surface area contributed by atoms with Crippen LogP contribution in [0.1, 0.15) is 11.1 Å². The van der Waals surface area contributed by atoms with Crippen LogP contribution in [0.5, 0.6) is 0 Å². The summed E-state index contributed by atoms with van der Waals surface area (Å²) in [6.07, 6.45) is -14.3. The summed E-state index contributed by atoms with van der Waals surface area (Å²) < 4.78 is 182. The highest BCUT2D eigenvalue weighted by atomic mass is 32.2. The Morgan fingerprint density at radius 2 is 1.18 bits per heavy atom. The van der Waals surface area contributed by atoms with E-state index in [9.17, 15) is 60.7 Å². The molecule has 2 aromatic rings. The molecule has 0 saturated carbocycles. The highest BCUT2D eigenvalue weighted by molar-refractivity contribution is 7.95. The molecule has 1 aliphatic carbocycles. The predicted molar refractivity (Wildman–Crippen MR) is 95.5 cm³/mol. The minimum atomic E-state index is -7.32. The van der Waals surface area contributed by atoms with E-state index in [2.05, 4.69) is 0 Å². The second kappa shape index (κ2) is 7.22. The van der Waals surface area contributed by atoms with Crippen LogP contribution in [0.25, 0.3) is 11.1 Å². The van der Waals surface area contributed by atoms with Gasteiger partial charge in [-0.05, 0) is 28.3 Å². The van der Waals surface area contributed by atoms with E-state index in [4.69, 9.17) is 5.73 Å². The molecule has 2 aromatic carbocycles. The SMILES string of the molecule is Nc1c2c(cc(S(=O)(=O)C(F)(F)C(F)(F)F)c1S(=O)(=O)C(F)(F)C(F)(F)F)-c1ccccc1C2. The van der Waals surface area contributed by atoms with Crippen molar-refractivity contribution in [2.45, 2.75) is 39.1 Å². The van der Waals surface area contributed by atoms with Gasteiger partial charge in [-0.25, -0.2) is 16.8 Å². The molecule has 0 aliphatic heterocycles. The molecule has 17 heteroatoms. The number of hydrogen-bond acceptors (Lipinski definition) is 5. The van der Waals surface area contributed by atoms with E-state index in [1.807, 2.05) is 0 Å². The van der Waals surface area contributed by atoms with Gasteiger partial charge in [-0.2, -0.15) is 43.9 Å². The number of hydrogen-bond donors (Lipinski definition) is 1. The van der Waals surface area contributed by atoms with E-state index in [0.717, 1.165) is 0 Å². The molecule has 0 heterocycles. The molecule has 0 spiro atoms. The van der Waals surface area contributed by atoms with E-state index in [-0.39, 0.29) is 17.2 Å². The molecular weight excluding hydrogens is 536 g/mol. The highest BCUT2D eigenvalue weighted by Crippen LogP contribution is 2.53. The molecule has 1 aliphatic rings. The quantitative estimate of drug-likeness (QED) is 0.379. The number of alkyl halides is 10. The molecule has 0 fully saturated rings. The zero-order valence-corrected chi connectivity index (χ0v) is 17.5. The number of sulfone groups is 2. The Hall–Kier alpha value is -2.56. The number of nitrogen functional groups attached to an aromatic ring is 1. The van der Waals surface area contributed by atoms with Crippen LogP contribution in [0.3, 0.4) is 0 Å². The molecular formula is C17H9F10NO4S2. The Bertz CT molecular complexity index is 1390. The first-order chi connectivity index (χ1) is 15.1. The smallest absolute Gasteiger partial charge is 0.397 e. The first-order valence-corrected chi connectivity index (χ1v) is 11.5. The molecule has 34 heavy (non-hydrogen) atoms. The van der Waals surface area contributed by atoms with Crippen molar-refractivity contribution in [2.24, 2.45) is 0 Å². The van der Waals surface area contributed by atoms with Crippen LogP contribution in [0.4, 0.5) is 49.6 Å². The predicted octanol–water partition coefficient (Wildman–Crippen LogP) is 4.70. The van der Waals surface area contributed by atoms with Gasteiger partial charge in [0.1, 0.15) is 4.90 Å². The first-order valence-electron chi connectivity index (χ1n) is 8.52. The summed E-state index contributed by atoms with van der Waals surface area (Å²) in [7, 11) is -14.6. The molecule has 3 rings (SSSR count). The van der Waals surface area contributed by atoms with E-state index < -0.39 is 75.6 Å². The van der Waals surface area contributed by atoms with Crippen molar-refractivity contribution in [1.82, 2.24) is 0 Å². The van der Waals surface area contributed by atoms with Crippen LogP contribution in [-0.4, -0.2) is 39.7 Å². The minimum Gasteiger partial charge on any atom is -0.397 e.